The molecular formula is C17H26N2O3. The summed E-state index contributed by atoms with van der Waals surface area (Å²) in [4.78, 5) is 14.4. The number of ether oxygens (including phenoxy) is 1. The van der Waals surface area contributed by atoms with Crippen molar-refractivity contribution in [2.24, 2.45) is 0 Å². The number of carbonyl (C=O) groups excluding carboxylic acids is 1. The molecule has 1 amide bonds. The van der Waals surface area contributed by atoms with Gasteiger partial charge in [-0.15, -0.1) is 0 Å². The first-order valence-electron chi connectivity index (χ1n) is 7.97. The smallest absolute Gasteiger partial charge is 0.250 e. The normalized spacial score (nSPS) is 22.0. The van der Waals surface area contributed by atoms with Crippen molar-refractivity contribution in [1.82, 2.24) is 10.2 Å². The van der Waals surface area contributed by atoms with E-state index in [2.05, 4.69) is 17.1 Å². The maximum absolute atomic E-state index is 12.2. The van der Waals surface area contributed by atoms with Crippen molar-refractivity contribution < 1.29 is 14.6 Å². The molecule has 0 spiro atoms. The molecule has 22 heavy (non-hydrogen) atoms. The fourth-order valence-corrected chi connectivity index (χ4v) is 2.69. The Morgan fingerprint density at radius 2 is 2.18 bits per heavy atom. The number of morpholine rings is 1. The van der Waals surface area contributed by atoms with Gasteiger partial charge < -0.3 is 15.2 Å². The van der Waals surface area contributed by atoms with Gasteiger partial charge in [0.25, 0.3) is 5.91 Å². The zero-order chi connectivity index (χ0) is 15.9. The number of hydrogen-bond donors (Lipinski definition) is 2. The van der Waals surface area contributed by atoms with Crippen LogP contribution >= 0.6 is 0 Å². The number of aliphatic hydroxyl groups is 1. The zero-order valence-corrected chi connectivity index (χ0v) is 13.4. The van der Waals surface area contributed by atoms with Crippen LogP contribution in [0.5, 0.6) is 0 Å². The molecule has 0 radical (unpaired) electrons. The van der Waals surface area contributed by atoms with E-state index in [1.165, 1.54) is 0 Å². The highest BCUT2D eigenvalue weighted by molar-refractivity contribution is 5.81. The molecule has 122 valence electrons. The van der Waals surface area contributed by atoms with E-state index in [0.29, 0.717) is 19.6 Å². The number of amides is 1. The average molecular weight is 306 g/mol. The summed E-state index contributed by atoms with van der Waals surface area (Å²) in [5.74, 6) is -0.0917. The second-order valence-electron chi connectivity index (χ2n) is 5.82. The van der Waals surface area contributed by atoms with Crippen molar-refractivity contribution in [1.29, 1.82) is 0 Å². The standard InChI is InChI=1S/C17H26N2O3/c1-3-19-9-10-22-16(12-19)17(21)18-13(2)11-15(20)14-7-5-4-6-8-14/h4-8,13,15-16,20H,3,9-12H2,1-2H3,(H,18,21). The van der Waals surface area contributed by atoms with E-state index in [4.69, 9.17) is 4.74 Å². The number of benzene rings is 1. The quantitative estimate of drug-likeness (QED) is 0.832. The lowest BCUT2D eigenvalue weighted by Crippen LogP contribution is -2.51. The number of likely N-dealkylation sites (N-methyl/N-ethyl adjacent to an activating group) is 1. The second-order valence-corrected chi connectivity index (χ2v) is 5.82. The molecule has 1 saturated heterocycles. The van der Waals surface area contributed by atoms with E-state index in [1.54, 1.807) is 0 Å². The van der Waals surface area contributed by atoms with Crippen LogP contribution in [-0.2, 0) is 9.53 Å². The highest BCUT2D eigenvalue weighted by Gasteiger charge is 2.27. The van der Waals surface area contributed by atoms with Crippen LogP contribution in [0.4, 0.5) is 0 Å². The van der Waals surface area contributed by atoms with E-state index in [0.717, 1.165) is 18.7 Å². The molecule has 1 aromatic carbocycles. The third kappa shape index (κ3) is 4.80. The van der Waals surface area contributed by atoms with Crippen molar-refractivity contribution in [3.8, 4) is 0 Å². The summed E-state index contributed by atoms with van der Waals surface area (Å²) < 4.78 is 5.55. The SMILES string of the molecule is CCN1CCOC(C(=O)NC(C)CC(O)c2ccccc2)C1. The molecule has 2 N–H and O–H groups in total. The van der Waals surface area contributed by atoms with Crippen molar-refractivity contribution in [3.05, 3.63) is 35.9 Å². The highest BCUT2D eigenvalue weighted by Crippen LogP contribution is 2.18. The van der Waals surface area contributed by atoms with E-state index >= 15 is 0 Å². The molecule has 1 fully saturated rings. The van der Waals surface area contributed by atoms with Gasteiger partial charge in [-0.1, -0.05) is 37.3 Å². The molecule has 1 aliphatic heterocycles. The molecule has 1 heterocycles. The number of carbonyl (C=O) groups is 1. The fraction of sp³-hybridized carbons (Fsp3) is 0.588. The Morgan fingerprint density at radius 3 is 2.86 bits per heavy atom. The van der Waals surface area contributed by atoms with Gasteiger partial charge >= 0.3 is 0 Å². The fourth-order valence-electron chi connectivity index (χ4n) is 2.69. The number of rotatable bonds is 6. The molecule has 1 aliphatic rings. The summed E-state index contributed by atoms with van der Waals surface area (Å²) in [6, 6.07) is 9.39. The summed E-state index contributed by atoms with van der Waals surface area (Å²) in [5.41, 5.74) is 0.870. The van der Waals surface area contributed by atoms with Gasteiger partial charge in [0.2, 0.25) is 0 Å². The van der Waals surface area contributed by atoms with E-state index in [-0.39, 0.29) is 11.9 Å². The van der Waals surface area contributed by atoms with Gasteiger partial charge in [-0.25, -0.2) is 0 Å². The van der Waals surface area contributed by atoms with Crippen LogP contribution < -0.4 is 5.32 Å². The van der Waals surface area contributed by atoms with Crippen LogP contribution in [0.15, 0.2) is 30.3 Å². The number of hydrogen-bond acceptors (Lipinski definition) is 4. The van der Waals surface area contributed by atoms with E-state index in [1.807, 2.05) is 37.3 Å². The van der Waals surface area contributed by atoms with Gasteiger partial charge in [-0.3, -0.25) is 9.69 Å². The third-order valence-corrected chi connectivity index (χ3v) is 4.04. The van der Waals surface area contributed by atoms with Gasteiger partial charge in [0.1, 0.15) is 6.10 Å². The lowest BCUT2D eigenvalue weighted by atomic mass is 10.0. The van der Waals surface area contributed by atoms with Crippen LogP contribution in [0.2, 0.25) is 0 Å². The van der Waals surface area contributed by atoms with Crippen molar-refractivity contribution in [2.75, 3.05) is 26.2 Å². The van der Waals surface area contributed by atoms with Gasteiger partial charge in [0, 0.05) is 19.1 Å². The Morgan fingerprint density at radius 1 is 1.45 bits per heavy atom. The summed E-state index contributed by atoms with van der Waals surface area (Å²) in [6.45, 7) is 7.02. The van der Waals surface area contributed by atoms with Crippen LogP contribution in [0.1, 0.15) is 31.9 Å². The van der Waals surface area contributed by atoms with E-state index < -0.39 is 12.2 Å². The van der Waals surface area contributed by atoms with Crippen LogP contribution in [0.3, 0.4) is 0 Å². The molecule has 3 atom stereocenters. The maximum Gasteiger partial charge on any atom is 0.250 e. The number of aliphatic hydroxyl groups excluding tert-OH is 1. The number of nitrogens with zero attached hydrogens (tertiary/aromatic N) is 1. The first-order valence-corrected chi connectivity index (χ1v) is 7.97. The molecule has 0 bridgehead atoms. The third-order valence-electron chi connectivity index (χ3n) is 4.04. The molecule has 0 aliphatic carbocycles. The highest BCUT2D eigenvalue weighted by atomic mass is 16.5. The first kappa shape index (κ1) is 16.9. The van der Waals surface area contributed by atoms with Crippen molar-refractivity contribution in [3.63, 3.8) is 0 Å². The topological polar surface area (TPSA) is 61.8 Å². The first-order chi connectivity index (χ1) is 10.6. The summed E-state index contributed by atoms with van der Waals surface area (Å²) in [5, 5.41) is 13.1. The summed E-state index contributed by atoms with van der Waals surface area (Å²) in [7, 11) is 0. The minimum Gasteiger partial charge on any atom is -0.388 e. The second kappa shape index (κ2) is 8.27. The van der Waals surface area contributed by atoms with Crippen LogP contribution in [0, 0.1) is 0 Å². The molecule has 0 aromatic heterocycles. The zero-order valence-electron chi connectivity index (χ0n) is 13.4. The molecule has 1 aromatic rings. The van der Waals surface area contributed by atoms with Gasteiger partial charge in [-0.2, -0.15) is 0 Å². The van der Waals surface area contributed by atoms with Crippen molar-refractivity contribution in [2.45, 2.75) is 38.5 Å². The van der Waals surface area contributed by atoms with Crippen LogP contribution in [-0.4, -0.2) is 54.3 Å². The molecule has 0 saturated carbocycles. The summed E-state index contributed by atoms with van der Waals surface area (Å²) >= 11 is 0. The Balaban J connectivity index is 1.81. The van der Waals surface area contributed by atoms with Crippen LogP contribution in [0.25, 0.3) is 0 Å². The predicted octanol–water partition coefficient (Wildman–Crippen LogP) is 1.34. The van der Waals surface area contributed by atoms with E-state index in [9.17, 15) is 9.90 Å². The Bertz CT molecular complexity index is 466. The number of nitrogens with one attached hydrogen (secondary N) is 1. The Labute approximate surface area is 132 Å². The van der Waals surface area contributed by atoms with Gasteiger partial charge in [0.05, 0.1) is 12.7 Å². The minimum atomic E-state index is -0.573. The molecular weight excluding hydrogens is 280 g/mol. The molecule has 3 unspecified atom stereocenters. The Hall–Kier alpha value is -1.43. The molecule has 5 heteroatoms. The van der Waals surface area contributed by atoms with Gasteiger partial charge in [-0.05, 0) is 25.5 Å². The molecule has 5 nitrogen and oxygen atoms in total. The average Bonchev–Trinajstić information content (AvgIpc) is 2.55. The minimum absolute atomic E-state index is 0.0917. The lowest BCUT2D eigenvalue weighted by molar-refractivity contribution is -0.139. The maximum atomic E-state index is 12.2. The van der Waals surface area contributed by atoms with Gasteiger partial charge in [0.15, 0.2) is 0 Å². The predicted molar refractivity (Wildman–Crippen MR) is 85.5 cm³/mol. The lowest BCUT2D eigenvalue weighted by Gasteiger charge is -2.32. The molecule has 2 rings (SSSR count). The Kier molecular flexibility index (Phi) is 6.36. The summed E-state index contributed by atoms with van der Waals surface area (Å²) in [6.07, 6.45) is -0.499. The van der Waals surface area contributed by atoms with Crippen molar-refractivity contribution >= 4 is 5.91 Å². The monoisotopic (exact) mass is 306 g/mol. The largest absolute Gasteiger partial charge is 0.388 e.